The lowest BCUT2D eigenvalue weighted by molar-refractivity contribution is -0.145. The summed E-state index contributed by atoms with van der Waals surface area (Å²) in [4.78, 5) is 113. The number of carboxylic acids is 2. The van der Waals surface area contributed by atoms with Crippen molar-refractivity contribution >= 4 is 64.3 Å². The van der Waals surface area contributed by atoms with Crippen LogP contribution in [-0.2, 0) is 35.3 Å². The quantitative estimate of drug-likeness (QED) is 0.0390. The number of carbonyl (C=O) groups excluding carboxylic acids is 5. The Labute approximate surface area is 342 Å². The molecule has 0 aliphatic heterocycles. The van der Waals surface area contributed by atoms with E-state index in [-0.39, 0.29) is 60.8 Å². The lowest BCUT2D eigenvalue weighted by atomic mass is 10.1. The number of hydrogen-bond acceptors (Lipinski definition) is 14. The number of carboxylic acid groups (broad SMARTS) is 2. The molecular formula is C39H46N10O11. The summed E-state index contributed by atoms with van der Waals surface area (Å²) in [6, 6.07) is 9.00. The molecule has 0 fully saturated rings. The number of nitrogens with one attached hydrogen (secondary N) is 6. The van der Waals surface area contributed by atoms with Crippen molar-refractivity contribution in [3.8, 4) is 0 Å². The summed E-state index contributed by atoms with van der Waals surface area (Å²) < 4.78 is 4.79. The van der Waals surface area contributed by atoms with Gasteiger partial charge in [0.05, 0.1) is 25.5 Å². The second-order valence-corrected chi connectivity index (χ2v) is 13.6. The average molecular weight is 831 g/mol. The molecule has 0 unspecified atom stereocenters. The Morgan fingerprint density at radius 3 is 1.97 bits per heavy atom. The standard InChI is InChI=1S/C39H46N10O11/c1-21-6-8-22(9-7-21)33(52)41-18-4-3-5-28(38(59)60-2)46-30(51)16-14-26(36(55)56)45-29(50)17-15-27(37(57)58)47-34(53)23-10-12-24(13-11-23)42-19-25-20-43-32-31(44-25)35(54)49-39(40)48-32/h6-13,20,26-28,42H,3-5,14-19H2,1-2H3,(H,41,52)(H,45,50)(H,46,51)(H,47,53)(H,55,56)(H,57,58)(H3,40,43,48,49,54)/t26-,27-,28-/m0/s1. The summed E-state index contributed by atoms with van der Waals surface area (Å²) >= 11 is 0. The number of methoxy groups -OCH3 is 1. The highest BCUT2D eigenvalue weighted by Gasteiger charge is 2.26. The molecule has 0 saturated heterocycles. The fourth-order valence-electron chi connectivity index (χ4n) is 5.70. The molecule has 3 atom stereocenters. The van der Waals surface area contributed by atoms with Gasteiger partial charge in [-0.1, -0.05) is 17.7 Å². The second-order valence-electron chi connectivity index (χ2n) is 13.6. The van der Waals surface area contributed by atoms with Crippen LogP contribution in [0, 0.1) is 6.92 Å². The highest BCUT2D eigenvalue weighted by molar-refractivity contribution is 5.97. The molecule has 0 aliphatic carbocycles. The second kappa shape index (κ2) is 21.9. The zero-order valence-electron chi connectivity index (χ0n) is 32.8. The van der Waals surface area contributed by atoms with E-state index >= 15 is 0 Å². The summed E-state index contributed by atoms with van der Waals surface area (Å²) in [6.45, 7) is 2.40. The van der Waals surface area contributed by atoms with E-state index in [2.05, 4.69) is 46.5 Å². The molecular weight excluding hydrogens is 784 g/mol. The number of H-pyrrole nitrogens is 1. The van der Waals surface area contributed by atoms with Gasteiger partial charge >= 0.3 is 17.9 Å². The minimum atomic E-state index is -1.52. The van der Waals surface area contributed by atoms with Gasteiger partial charge in [-0.2, -0.15) is 4.98 Å². The average Bonchev–Trinajstić information content (AvgIpc) is 3.22. The number of amides is 4. The number of esters is 1. The first-order valence-electron chi connectivity index (χ1n) is 18.8. The Morgan fingerprint density at radius 1 is 0.767 bits per heavy atom. The van der Waals surface area contributed by atoms with E-state index in [0.717, 1.165) is 12.7 Å². The lowest BCUT2D eigenvalue weighted by Crippen LogP contribution is -2.45. The van der Waals surface area contributed by atoms with Crippen LogP contribution in [0.1, 0.15) is 76.9 Å². The molecule has 10 N–H and O–H groups in total. The first-order valence-corrected chi connectivity index (χ1v) is 18.8. The first-order chi connectivity index (χ1) is 28.6. The van der Waals surface area contributed by atoms with Crippen molar-refractivity contribution in [2.45, 2.75) is 76.5 Å². The van der Waals surface area contributed by atoms with Crippen molar-refractivity contribution in [2.24, 2.45) is 0 Å². The topological polar surface area (TPSA) is 327 Å². The van der Waals surface area contributed by atoms with E-state index in [1.54, 1.807) is 24.3 Å². The molecule has 318 valence electrons. The predicted molar refractivity (Wildman–Crippen MR) is 214 cm³/mol. The van der Waals surface area contributed by atoms with Crippen LogP contribution < -0.4 is 37.9 Å². The minimum absolute atomic E-state index is 0.0115. The number of aromatic amines is 1. The Hall–Kier alpha value is -7.45. The molecule has 0 spiro atoms. The van der Waals surface area contributed by atoms with Crippen LogP contribution in [0.25, 0.3) is 11.2 Å². The van der Waals surface area contributed by atoms with Crippen LogP contribution >= 0.6 is 0 Å². The molecule has 60 heavy (non-hydrogen) atoms. The third-order valence-electron chi connectivity index (χ3n) is 9.00. The van der Waals surface area contributed by atoms with Crippen molar-refractivity contribution in [1.82, 2.24) is 41.2 Å². The number of hydrogen-bond donors (Lipinski definition) is 9. The van der Waals surface area contributed by atoms with Crippen molar-refractivity contribution in [2.75, 3.05) is 24.7 Å². The van der Waals surface area contributed by atoms with E-state index in [9.17, 15) is 48.6 Å². The summed E-state index contributed by atoms with van der Waals surface area (Å²) in [5.74, 6) is -6.16. The van der Waals surface area contributed by atoms with E-state index < -0.39 is 65.7 Å². The fraction of sp³-hybridized carbons (Fsp3) is 0.359. The van der Waals surface area contributed by atoms with Crippen molar-refractivity contribution in [1.29, 1.82) is 0 Å². The number of nitrogens with zero attached hydrogens (tertiary/aromatic N) is 3. The zero-order valence-corrected chi connectivity index (χ0v) is 32.8. The first kappa shape index (κ1) is 45.3. The van der Waals surface area contributed by atoms with Gasteiger partial charge in [-0.05, 0) is 75.4 Å². The van der Waals surface area contributed by atoms with Gasteiger partial charge in [-0.15, -0.1) is 0 Å². The Bertz CT molecular complexity index is 2250. The van der Waals surface area contributed by atoms with Gasteiger partial charge in [0.15, 0.2) is 11.2 Å². The maximum Gasteiger partial charge on any atom is 0.328 e. The molecule has 4 aromatic rings. The number of rotatable bonds is 22. The number of benzene rings is 2. The maximum atomic E-state index is 12.9. The molecule has 2 aromatic carbocycles. The number of aliphatic carboxylic acids is 2. The zero-order chi connectivity index (χ0) is 43.8. The van der Waals surface area contributed by atoms with Gasteiger partial charge in [0.1, 0.15) is 18.1 Å². The van der Waals surface area contributed by atoms with Crippen LogP contribution in [0.5, 0.6) is 0 Å². The van der Waals surface area contributed by atoms with Crippen molar-refractivity contribution in [3.63, 3.8) is 0 Å². The van der Waals surface area contributed by atoms with Crippen LogP contribution in [0.2, 0.25) is 0 Å². The Kier molecular flexibility index (Phi) is 16.5. The normalized spacial score (nSPS) is 12.3. The number of aromatic nitrogens is 4. The van der Waals surface area contributed by atoms with Crippen LogP contribution in [0.3, 0.4) is 0 Å². The molecule has 4 amide bonds. The van der Waals surface area contributed by atoms with Gasteiger partial charge in [0, 0.05) is 36.2 Å². The number of unbranched alkanes of at least 4 members (excludes halogenated alkanes) is 1. The fourth-order valence-corrected chi connectivity index (χ4v) is 5.70. The predicted octanol–water partition coefficient (Wildman–Crippen LogP) is 0.787. The monoisotopic (exact) mass is 830 g/mol. The van der Waals surface area contributed by atoms with Gasteiger partial charge in [-0.25, -0.2) is 24.4 Å². The number of nitrogens with two attached hydrogens (primary N) is 1. The van der Waals surface area contributed by atoms with E-state index in [1.807, 2.05) is 19.1 Å². The number of aryl methyl sites for hydroxylation is 1. The number of carbonyl (C=O) groups is 7. The van der Waals surface area contributed by atoms with E-state index in [1.165, 1.54) is 18.3 Å². The molecule has 21 heteroatoms. The third-order valence-corrected chi connectivity index (χ3v) is 9.00. The van der Waals surface area contributed by atoms with Crippen molar-refractivity contribution in [3.05, 3.63) is 87.5 Å². The largest absolute Gasteiger partial charge is 0.480 e. The summed E-state index contributed by atoms with van der Waals surface area (Å²) in [5, 5.41) is 32.4. The molecule has 4 rings (SSSR count). The van der Waals surface area contributed by atoms with Crippen LogP contribution in [-0.4, -0.2) is 103 Å². The molecule has 0 aliphatic rings. The Morgan fingerprint density at radius 2 is 1.35 bits per heavy atom. The molecule has 0 saturated carbocycles. The van der Waals surface area contributed by atoms with Gasteiger partial charge in [0.25, 0.3) is 17.4 Å². The number of anilines is 2. The number of nitrogen functional groups attached to an aromatic ring is 1. The smallest absolute Gasteiger partial charge is 0.328 e. The van der Waals surface area contributed by atoms with E-state index in [0.29, 0.717) is 36.3 Å². The molecule has 2 heterocycles. The summed E-state index contributed by atoms with van der Waals surface area (Å²) in [7, 11) is 1.16. The number of fused-ring (bicyclic) bond motifs is 1. The van der Waals surface area contributed by atoms with Gasteiger partial charge < -0.3 is 47.3 Å². The Balaban J connectivity index is 1.19. The van der Waals surface area contributed by atoms with Crippen molar-refractivity contribution < 1.29 is 48.5 Å². The minimum Gasteiger partial charge on any atom is -0.480 e. The summed E-state index contributed by atoms with van der Waals surface area (Å²) in [5.41, 5.74) is 7.71. The van der Waals surface area contributed by atoms with Crippen LogP contribution in [0.15, 0.2) is 59.5 Å². The number of ether oxygens (including phenoxy) is 1. The lowest BCUT2D eigenvalue weighted by Gasteiger charge is -2.19. The molecule has 21 nitrogen and oxygen atoms in total. The van der Waals surface area contributed by atoms with Crippen LogP contribution in [0.4, 0.5) is 11.6 Å². The summed E-state index contributed by atoms with van der Waals surface area (Å²) in [6.07, 6.45) is 0.956. The SMILES string of the molecule is COC(=O)[C@H](CCCCNC(=O)c1ccc(C)cc1)NC(=O)CC[C@H](NC(=O)CC[C@H](NC(=O)c1ccc(NCc2cnc3nc(N)[nH]c(=O)c3n2)cc1)C(=O)O)C(=O)O. The highest BCUT2D eigenvalue weighted by Crippen LogP contribution is 2.13. The molecule has 2 aromatic heterocycles. The third kappa shape index (κ3) is 13.9. The molecule has 0 radical (unpaired) electrons. The van der Waals surface area contributed by atoms with Gasteiger partial charge in [0.2, 0.25) is 17.8 Å². The van der Waals surface area contributed by atoms with E-state index in [4.69, 9.17) is 10.5 Å². The highest BCUT2D eigenvalue weighted by atomic mass is 16.5. The van der Waals surface area contributed by atoms with Gasteiger partial charge in [-0.3, -0.25) is 29.0 Å². The molecule has 0 bridgehead atoms. The maximum absolute atomic E-state index is 12.9.